The Balaban J connectivity index is 3.66. The van der Waals surface area contributed by atoms with Gasteiger partial charge in [0.15, 0.2) is 0 Å². The van der Waals surface area contributed by atoms with Gasteiger partial charge in [-0.1, -0.05) is 6.92 Å². The molecule has 0 saturated carbocycles. The van der Waals surface area contributed by atoms with E-state index in [0.29, 0.717) is 12.0 Å². The van der Waals surface area contributed by atoms with Gasteiger partial charge >= 0.3 is 17.9 Å². The summed E-state index contributed by atoms with van der Waals surface area (Å²) in [7, 11) is 3.55. The van der Waals surface area contributed by atoms with Gasteiger partial charge in [0.05, 0.1) is 38.0 Å². The molecule has 0 N–H and O–H groups in total. The Kier molecular flexibility index (Phi) is 5.25. The molecule has 0 atom stereocenters. The molecule has 0 radical (unpaired) electrons. The Labute approximate surface area is 116 Å². The zero-order chi connectivity index (χ0) is 15.3. The highest BCUT2D eigenvalue weighted by Gasteiger charge is 2.27. The number of rotatable bonds is 4. The van der Waals surface area contributed by atoms with Crippen LogP contribution in [0.1, 0.15) is 43.6 Å². The predicted molar refractivity (Wildman–Crippen MR) is 69.8 cm³/mol. The summed E-state index contributed by atoms with van der Waals surface area (Å²) in [6.07, 6.45) is 0.579. The van der Waals surface area contributed by atoms with Crippen LogP contribution in [0, 0.1) is 0 Å². The molecule has 0 unspecified atom stereocenters. The Bertz CT molecular complexity index is 510. The molecule has 0 saturated heterocycles. The van der Waals surface area contributed by atoms with Crippen molar-refractivity contribution in [1.82, 2.24) is 0 Å². The number of hydrogen-bond donors (Lipinski definition) is 0. The Morgan fingerprint density at radius 2 is 1.25 bits per heavy atom. The van der Waals surface area contributed by atoms with E-state index in [2.05, 4.69) is 14.2 Å². The zero-order valence-corrected chi connectivity index (χ0v) is 11.8. The first-order valence-corrected chi connectivity index (χ1v) is 5.91. The molecule has 0 bridgehead atoms. The van der Waals surface area contributed by atoms with Crippen molar-refractivity contribution >= 4 is 17.9 Å². The molecule has 0 amide bonds. The average Bonchev–Trinajstić information content (AvgIpc) is 2.50. The first-order valence-electron chi connectivity index (χ1n) is 5.91. The van der Waals surface area contributed by atoms with Crippen LogP contribution in [0.25, 0.3) is 0 Å². The van der Waals surface area contributed by atoms with E-state index in [9.17, 15) is 14.4 Å². The van der Waals surface area contributed by atoms with E-state index in [1.165, 1.54) is 26.4 Å². The van der Waals surface area contributed by atoms with E-state index in [-0.39, 0.29) is 16.7 Å². The summed E-state index contributed by atoms with van der Waals surface area (Å²) >= 11 is 0. The average molecular weight is 280 g/mol. The lowest BCUT2D eigenvalue weighted by Crippen LogP contribution is -2.18. The quantitative estimate of drug-likeness (QED) is 0.616. The highest BCUT2D eigenvalue weighted by atomic mass is 16.5. The largest absolute Gasteiger partial charge is 0.465 e. The summed E-state index contributed by atoms with van der Waals surface area (Å²) in [6, 6.07) is 3.01. The second-order valence-corrected chi connectivity index (χ2v) is 3.89. The highest BCUT2D eigenvalue weighted by Crippen LogP contribution is 2.21. The lowest BCUT2D eigenvalue weighted by atomic mass is 9.96. The first kappa shape index (κ1) is 15.7. The molecule has 0 heterocycles. The summed E-state index contributed by atoms with van der Waals surface area (Å²) in [6.45, 7) is 1.86. The Hall–Kier alpha value is -2.37. The van der Waals surface area contributed by atoms with Crippen molar-refractivity contribution in [2.45, 2.75) is 13.3 Å². The minimum absolute atomic E-state index is 0.0147. The fourth-order valence-electron chi connectivity index (χ4n) is 1.77. The van der Waals surface area contributed by atoms with Crippen molar-refractivity contribution in [3.63, 3.8) is 0 Å². The summed E-state index contributed by atoms with van der Waals surface area (Å²) in [4.78, 5) is 35.5. The predicted octanol–water partition coefficient (Wildman–Crippen LogP) is 1.61. The molecular formula is C14H16O6. The van der Waals surface area contributed by atoms with Crippen LogP contribution in [-0.2, 0) is 20.6 Å². The second-order valence-electron chi connectivity index (χ2n) is 3.89. The number of hydrogen-bond acceptors (Lipinski definition) is 6. The van der Waals surface area contributed by atoms with Gasteiger partial charge in [0.25, 0.3) is 0 Å². The molecule has 6 nitrogen and oxygen atoms in total. The molecule has 6 heteroatoms. The third-order valence-electron chi connectivity index (χ3n) is 2.81. The molecule has 0 aliphatic heterocycles. The van der Waals surface area contributed by atoms with Gasteiger partial charge in [-0.3, -0.25) is 0 Å². The minimum Gasteiger partial charge on any atom is -0.465 e. The van der Waals surface area contributed by atoms with Crippen molar-refractivity contribution in [2.75, 3.05) is 21.3 Å². The molecule has 108 valence electrons. The standard InChI is InChI=1S/C14H16O6/c1-5-8-6-9(12(15)18-2)11(14(17)20-4)10(7-8)13(16)19-3/h6-7H,5H2,1-4H3. The molecule has 1 aromatic carbocycles. The smallest absolute Gasteiger partial charge is 0.339 e. The van der Waals surface area contributed by atoms with Crippen LogP contribution in [0.3, 0.4) is 0 Å². The number of benzene rings is 1. The Morgan fingerprint density at radius 1 is 0.850 bits per heavy atom. The van der Waals surface area contributed by atoms with Crippen LogP contribution < -0.4 is 0 Å². The number of esters is 3. The third kappa shape index (κ3) is 2.96. The second kappa shape index (κ2) is 6.70. The number of carbonyl (C=O) groups excluding carboxylic acids is 3. The van der Waals surface area contributed by atoms with Crippen molar-refractivity contribution in [1.29, 1.82) is 0 Å². The van der Waals surface area contributed by atoms with Crippen LogP contribution in [0.2, 0.25) is 0 Å². The van der Waals surface area contributed by atoms with Crippen LogP contribution in [0.15, 0.2) is 12.1 Å². The van der Waals surface area contributed by atoms with E-state index in [0.717, 1.165) is 7.11 Å². The lowest BCUT2D eigenvalue weighted by Gasteiger charge is -2.12. The summed E-state index contributed by atoms with van der Waals surface area (Å²) in [5.74, 6) is -2.23. The van der Waals surface area contributed by atoms with Gasteiger partial charge in [-0.25, -0.2) is 14.4 Å². The molecule has 0 aromatic heterocycles. The normalized spacial score (nSPS) is 9.80. The summed E-state index contributed by atoms with van der Waals surface area (Å²) in [5, 5.41) is 0. The van der Waals surface area contributed by atoms with Gasteiger partial charge in [-0.15, -0.1) is 0 Å². The van der Waals surface area contributed by atoms with Gasteiger partial charge in [0, 0.05) is 0 Å². The molecule has 1 aromatic rings. The molecule has 0 aliphatic rings. The van der Waals surface area contributed by atoms with Crippen LogP contribution in [0.5, 0.6) is 0 Å². The van der Waals surface area contributed by atoms with Gasteiger partial charge in [-0.2, -0.15) is 0 Å². The molecular weight excluding hydrogens is 264 g/mol. The fourth-order valence-corrected chi connectivity index (χ4v) is 1.77. The first-order chi connectivity index (χ1) is 9.49. The van der Waals surface area contributed by atoms with E-state index in [1.54, 1.807) is 0 Å². The third-order valence-corrected chi connectivity index (χ3v) is 2.81. The van der Waals surface area contributed by atoms with E-state index < -0.39 is 17.9 Å². The molecule has 0 spiro atoms. The van der Waals surface area contributed by atoms with Crippen LogP contribution in [0.4, 0.5) is 0 Å². The van der Waals surface area contributed by atoms with Crippen molar-refractivity contribution < 1.29 is 28.6 Å². The zero-order valence-electron chi connectivity index (χ0n) is 11.8. The Morgan fingerprint density at radius 3 is 1.55 bits per heavy atom. The van der Waals surface area contributed by atoms with Crippen LogP contribution >= 0.6 is 0 Å². The topological polar surface area (TPSA) is 78.9 Å². The van der Waals surface area contributed by atoms with E-state index >= 15 is 0 Å². The summed E-state index contributed by atoms with van der Waals surface area (Å²) in [5.41, 5.74) is 0.528. The van der Waals surface area contributed by atoms with Crippen molar-refractivity contribution in [3.05, 3.63) is 34.4 Å². The molecule has 20 heavy (non-hydrogen) atoms. The monoisotopic (exact) mass is 280 g/mol. The minimum atomic E-state index is -0.798. The molecule has 0 aliphatic carbocycles. The SMILES string of the molecule is CCc1cc(C(=O)OC)c(C(=O)OC)c(C(=O)OC)c1. The van der Waals surface area contributed by atoms with Crippen molar-refractivity contribution in [2.24, 2.45) is 0 Å². The van der Waals surface area contributed by atoms with Gasteiger partial charge in [-0.05, 0) is 24.1 Å². The van der Waals surface area contributed by atoms with Crippen LogP contribution in [-0.4, -0.2) is 39.2 Å². The molecule has 1 rings (SSSR count). The number of methoxy groups -OCH3 is 3. The van der Waals surface area contributed by atoms with Gasteiger partial charge in [0.1, 0.15) is 0 Å². The maximum absolute atomic E-state index is 11.9. The lowest BCUT2D eigenvalue weighted by molar-refractivity contribution is 0.0535. The number of carbonyl (C=O) groups is 3. The van der Waals surface area contributed by atoms with Gasteiger partial charge in [0.2, 0.25) is 0 Å². The summed E-state index contributed by atoms with van der Waals surface area (Å²) < 4.78 is 13.9. The fraction of sp³-hybridized carbons (Fsp3) is 0.357. The number of aryl methyl sites for hydroxylation is 1. The van der Waals surface area contributed by atoms with E-state index in [4.69, 9.17) is 0 Å². The maximum Gasteiger partial charge on any atom is 0.339 e. The highest BCUT2D eigenvalue weighted by molar-refractivity contribution is 6.10. The maximum atomic E-state index is 11.9. The van der Waals surface area contributed by atoms with Gasteiger partial charge < -0.3 is 14.2 Å². The van der Waals surface area contributed by atoms with E-state index in [1.807, 2.05) is 6.92 Å². The molecule has 0 fully saturated rings. The number of ether oxygens (including phenoxy) is 3. The van der Waals surface area contributed by atoms with Crippen molar-refractivity contribution in [3.8, 4) is 0 Å².